The molecular formula is C11H14O5. The van der Waals surface area contributed by atoms with Crippen molar-refractivity contribution in [3.8, 4) is 0 Å². The van der Waals surface area contributed by atoms with E-state index in [2.05, 4.69) is 0 Å². The van der Waals surface area contributed by atoms with Crippen LogP contribution in [0.25, 0.3) is 0 Å². The number of rotatable bonds is 5. The van der Waals surface area contributed by atoms with Crippen LogP contribution in [0.4, 0.5) is 0 Å². The summed E-state index contributed by atoms with van der Waals surface area (Å²) in [6.07, 6.45) is -3.23. The molecule has 0 bridgehead atoms. The number of hydrogen-bond donors (Lipinski definition) is 3. The van der Waals surface area contributed by atoms with Gasteiger partial charge in [0.1, 0.15) is 12.7 Å². The number of carbonyl (C=O) groups excluding carboxylic acids is 1. The predicted molar refractivity (Wildman–Crippen MR) is 55.3 cm³/mol. The largest absolute Gasteiger partial charge is 0.459 e. The topological polar surface area (TPSA) is 87.0 Å². The van der Waals surface area contributed by atoms with Crippen LogP contribution in [0.1, 0.15) is 5.56 Å². The van der Waals surface area contributed by atoms with Gasteiger partial charge in [-0.25, -0.2) is 4.79 Å². The smallest absolute Gasteiger partial charge is 0.338 e. The normalized spacial score (nSPS) is 14.2. The zero-order chi connectivity index (χ0) is 12.0. The van der Waals surface area contributed by atoms with Crippen molar-refractivity contribution in [2.45, 2.75) is 18.8 Å². The van der Waals surface area contributed by atoms with Crippen molar-refractivity contribution in [3.05, 3.63) is 35.9 Å². The average Bonchev–Trinajstić information content (AvgIpc) is 2.35. The third-order valence-corrected chi connectivity index (χ3v) is 2.02. The summed E-state index contributed by atoms with van der Waals surface area (Å²) < 4.78 is 4.75. The lowest BCUT2D eigenvalue weighted by Crippen LogP contribution is -2.37. The molecule has 0 heterocycles. The molecule has 16 heavy (non-hydrogen) atoms. The quantitative estimate of drug-likeness (QED) is 0.586. The Morgan fingerprint density at radius 1 is 1.25 bits per heavy atom. The molecule has 88 valence electrons. The van der Waals surface area contributed by atoms with Crippen LogP contribution in [0, 0.1) is 0 Å². The standard InChI is InChI=1S/C11H14O5/c12-6-9(13)10(14)11(15)16-7-8-4-2-1-3-5-8/h1-5,9-10,12-14H,6-7H2. The van der Waals surface area contributed by atoms with Crippen LogP contribution in [0.5, 0.6) is 0 Å². The van der Waals surface area contributed by atoms with Crippen LogP contribution in [-0.4, -0.2) is 40.1 Å². The highest BCUT2D eigenvalue weighted by Gasteiger charge is 2.24. The summed E-state index contributed by atoms with van der Waals surface area (Å²) in [4.78, 5) is 11.2. The molecule has 0 aliphatic rings. The first kappa shape index (κ1) is 12.6. The summed E-state index contributed by atoms with van der Waals surface area (Å²) in [5, 5.41) is 26.7. The molecule has 0 amide bonds. The van der Waals surface area contributed by atoms with Gasteiger partial charge in [-0.15, -0.1) is 0 Å². The SMILES string of the molecule is O=C(OCc1ccccc1)C(O)C(O)CO. The van der Waals surface area contributed by atoms with Gasteiger partial charge in [0.25, 0.3) is 0 Å². The van der Waals surface area contributed by atoms with Crippen LogP contribution in [-0.2, 0) is 16.1 Å². The molecule has 3 N–H and O–H groups in total. The molecule has 2 atom stereocenters. The van der Waals surface area contributed by atoms with E-state index in [1.165, 1.54) is 0 Å². The average molecular weight is 226 g/mol. The van der Waals surface area contributed by atoms with E-state index in [9.17, 15) is 9.90 Å². The number of aliphatic hydroxyl groups is 3. The van der Waals surface area contributed by atoms with Crippen molar-refractivity contribution in [3.63, 3.8) is 0 Å². The lowest BCUT2D eigenvalue weighted by molar-refractivity contribution is -0.162. The second kappa shape index (κ2) is 6.22. The number of aliphatic hydroxyl groups excluding tert-OH is 3. The van der Waals surface area contributed by atoms with Gasteiger partial charge in [-0.2, -0.15) is 0 Å². The molecule has 0 saturated heterocycles. The zero-order valence-electron chi connectivity index (χ0n) is 8.61. The van der Waals surface area contributed by atoms with Crippen LogP contribution in [0.3, 0.4) is 0 Å². The van der Waals surface area contributed by atoms with Crippen molar-refractivity contribution in [1.82, 2.24) is 0 Å². The summed E-state index contributed by atoms with van der Waals surface area (Å²) in [6.45, 7) is -0.670. The zero-order valence-corrected chi connectivity index (χ0v) is 8.61. The number of hydrogen-bond acceptors (Lipinski definition) is 5. The Morgan fingerprint density at radius 3 is 2.44 bits per heavy atom. The van der Waals surface area contributed by atoms with E-state index in [4.69, 9.17) is 14.9 Å². The van der Waals surface area contributed by atoms with Crippen molar-refractivity contribution in [1.29, 1.82) is 0 Å². The maximum atomic E-state index is 11.2. The third kappa shape index (κ3) is 3.62. The fraction of sp³-hybridized carbons (Fsp3) is 0.364. The first-order valence-electron chi connectivity index (χ1n) is 4.82. The van der Waals surface area contributed by atoms with Gasteiger partial charge in [-0.1, -0.05) is 30.3 Å². The fourth-order valence-electron chi connectivity index (χ4n) is 1.07. The van der Waals surface area contributed by atoms with Crippen molar-refractivity contribution in [2.75, 3.05) is 6.61 Å². The summed E-state index contributed by atoms with van der Waals surface area (Å²) in [5.41, 5.74) is 0.779. The lowest BCUT2D eigenvalue weighted by atomic mass is 10.2. The first-order chi connectivity index (χ1) is 7.65. The minimum atomic E-state index is -1.71. The molecule has 0 fully saturated rings. The maximum absolute atomic E-state index is 11.2. The van der Waals surface area contributed by atoms with E-state index in [0.29, 0.717) is 0 Å². The highest BCUT2D eigenvalue weighted by molar-refractivity contribution is 5.75. The van der Waals surface area contributed by atoms with Crippen LogP contribution in [0.15, 0.2) is 30.3 Å². The number of ether oxygens (including phenoxy) is 1. The molecule has 5 nitrogen and oxygen atoms in total. The molecule has 1 rings (SSSR count). The van der Waals surface area contributed by atoms with Gasteiger partial charge < -0.3 is 20.1 Å². The van der Waals surface area contributed by atoms with Crippen LogP contribution >= 0.6 is 0 Å². The minimum absolute atomic E-state index is 0.0227. The van der Waals surface area contributed by atoms with E-state index in [1.807, 2.05) is 6.07 Å². The second-order valence-corrected chi connectivity index (χ2v) is 3.29. The number of esters is 1. The summed E-state index contributed by atoms with van der Waals surface area (Å²) >= 11 is 0. The Hall–Kier alpha value is -1.43. The first-order valence-corrected chi connectivity index (χ1v) is 4.82. The van der Waals surface area contributed by atoms with E-state index >= 15 is 0 Å². The molecule has 0 spiro atoms. The van der Waals surface area contributed by atoms with Gasteiger partial charge in [-0.05, 0) is 5.56 Å². The van der Waals surface area contributed by atoms with E-state index in [-0.39, 0.29) is 6.61 Å². The van der Waals surface area contributed by atoms with E-state index in [1.54, 1.807) is 24.3 Å². The molecule has 5 heteroatoms. The minimum Gasteiger partial charge on any atom is -0.459 e. The Bertz CT molecular complexity index is 324. The molecule has 2 unspecified atom stereocenters. The molecule has 0 aliphatic heterocycles. The Morgan fingerprint density at radius 2 is 1.88 bits per heavy atom. The molecule has 0 radical (unpaired) electrons. The molecule has 1 aromatic carbocycles. The Balaban J connectivity index is 2.41. The van der Waals surface area contributed by atoms with Gasteiger partial charge in [0.2, 0.25) is 0 Å². The summed E-state index contributed by atoms with van der Waals surface area (Å²) in [6, 6.07) is 8.95. The van der Waals surface area contributed by atoms with Gasteiger partial charge in [0.15, 0.2) is 6.10 Å². The summed E-state index contributed by atoms with van der Waals surface area (Å²) in [5.74, 6) is -0.953. The molecule has 0 aliphatic carbocycles. The van der Waals surface area contributed by atoms with Gasteiger partial charge >= 0.3 is 5.97 Å². The van der Waals surface area contributed by atoms with Crippen molar-refractivity contribution in [2.24, 2.45) is 0 Å². The highest BCUT2D eigenvalue weighted by atomic mass is 16.5. The van der Waals surface area contributed by atoms with Crippen LogP contribution in [0.2, 0.25) is 0 Å². The molecule has 0 aromatic heterocycles. The van der Waals surface area contributed by atoms with Gasteiger partial charge in [0, 0.05) is 0 Å². The van der Waals surface area contributed by atoms with E-state index < -0.39 is 24.8 Å². The summed E-state index contributed by atoms with van der Waals surface area (Å²) in [7, 11) is 0. The predicted octanol–water partition coefficient (Wildman–Crippen LogP) is -0.556. The van der Waals surface area contributed by atoms with Gasteiger partial charge in [-0.3, -0.25) is 0 Å². The molecule has 0 saturated carbocycles. The highest BCUT2D eigenvalue weighted by Crippen LogP contribution is 2.03. The van der Waals surface area contributed by atoms with Gasteiger partial charge in [0.05, 0.1) is 6.61 Å². The molecular weight excluding hydrogens is 212 g/mol. The maximum Gasteiger partial charge on any atom is 0.338 e. The van der Waals surface area contributed by atoms with Crippen molar-refractivity contribution < 1.29 is 24.9 Å². The monoisotopic (exact) mass is 226 g/mol. The Kier molecular flexibility index (Phi) is 4.91. The van der Waals surface area contributed by atoms with Crippen molar-refractivity contribution >= 4 is 5.97 Å². The number of benzene rings is 1. The number of carbonyl (C=O) groups is 1. The van der Waals surface area contributed by atoms with E-state index in [0.717, 1.165) is 5.56 Å². The lowest BCUT2D eigenvalue weighted by Gasteiger charge is -2.14. The molecule has 1 aromatic rings. The Labute approximate surface area is 92.9 Å². The third-order valence-electron chi connectivity index (χ3n) is 2.02. The fourth-order valence-corrected chi connectivity index (χ4v) is 1.07. The second-order valence-electron chi connectivity index (χ2n) is 3.29. The van der Waals surface area contributed by atoms with Crippen LogP contribution < -0.4 is 0 Å².